The van der Waals surface area contributed by atoms with E-state index in [1.165, 1.54) is 11.4 Å². The van der Waals surface area contributed by atoms with Crippen molar-refractivity contribution in [3.63, 3.8) is 0 Å². The minimum Gasteiger partial charge on any atom is -0.373 e. The molecule has 0 aromatic carbocycles. The Labute approximate surface area is 108 Å². The molecule has 0 amide bonds. The maximum Gasteiger partial charge on any atom is 0.0768 e. The van der Waals surface area contributed by atoms with Crippen LogP contribution in [0.15, 0.2) is 6.07 Å². The summed E-state index contributed by atoms with van der Waals surface area (Å²) in [5.41, 5.74) is 2.50. The number of hydrogen-bond donors (Lipinski definition) is 1. The third-order valence-electron chi connectivity index (χ3n) is 3.60. The number of hydrogen-bond acceptors (Lipinski definition) is 4. The van der Waals surface area contributed by atoms with Crippen molar-refractivity contribution in [2.75, 3.05) is 19.6 Å². The third-order valence-corrected chi connectivity index (χ3v) is 3.60. The third kappa shape index (κ3) is 2.58. The summed E-state index contributed by atoms with van der Waals surface area (Å²) in [5, 5.41) is 8.07. The average molecular weight is 250 g/mol. The van der Waals surface area contributed by atoms with Crippen LogP contribution >= 0.6 is 0 Å². The molecule has 5 nitrogen and oxygen atoms in total. The average Bonchev–Trinajstić information content (AvgIpc) is 2.69. The van der Waals surface area contributed by atoms with Crippen LogP contribution in [0.1, 0.15) is 25.2 Å². The van der Waals surface area contributed by atoms with Gasteiger partial charge in [0, 0.05) is 32.7 Å². The van der Waals surface area contributed by atoms with E-state index >= 15 is 0 Å². The molecule has 0 saturated carbocycles. The summed E-state index contributed by atoms with van der Waals surface area (Å²) in [7, 11) is 0. The molecule has 100 valence electrons. The second-order valence-electron chi connectivity index (χ2n) is 5.48. The van der Waals surface area contributed by atoms with E-state index in [9.17, 15) is 0 Å². The molecule has 2 atom stereocenters. The molecule has 0 aliphatic carbocycles. The molecule has 1 N–H and O–H groups in total. The summed E-state index contributed by atoms with van der Waals surface area (Å²) < 4.78 is 7.90. The van der Waals surface area contributed by atoms with Crippen molar-refractivity contribution in [2.24, 2.45) is 0 Å². The Kier molecular flexibility index (Phi) is 3.37. The van der Waals surface area contributed by atoms with Crippen molar-refractivity contribution in [2.45, 2.75) is 45.7 Å². The van der Waals surface area contributed by atoms with Crippen LogP contribution in [0.2, 0.25) is 0 Å². The van der Waals surface area contributed by atoms with E-state index in [2.05, 4.69) is 39.9 Å². The maximum absolute atomic E-state index is 5.76. The highest BCUT2D eigenvalue weighted by atomic mass is 16.5. The Hall–Kier alpha value is -0.910. The lowest BCUT2D eigenvalue weighted by molar-refractivity contribution is -0.0708. The summed E-state index contributed by atoms with van der Waals surface area (Å²) in [6.45, 7) is 10.2. The number of aromatic nitrogens is 2. The van der Waals surface area contributed by atoms with Gasteiger partial charge in [-0.15, -0.1) is 0 Å². The Morgan fingerprint density at radius 3 is 2.89 bits per heavy atom. The van der Waals surface area contributed by atoms with Crippen molar-refractivity contribution >= 4 is 0 Å². The van der Waals surface area contributed by atoms with Gasteiger partial charge < -0.3 is 10.1 Å². The van der Waals surface area contributed by atoms with Crippen LogP contribution in [0.25, 0.3) is 0 Å². The fourth-order valence-corrected chi connectivity index (χ4v) is 2.97. The zero-order chi connectivity index (χ0) is 12.5. The van der Waals surface area contributed by atoms with Crippen LogP contribution in [0.4, 0.5) is 0 Å². The normalized spacial score (nSPS) is 29.2. The van der Waals surface area contributed by atoms with Crippen LogP contribution in [-0.2, 0) is 24.4 Å². The maximum atomic E-state index is 5.76. The number of nitrogens with one attached hydrogen (secondary N) is 1. The van der Waals surface area contributed by atoms with E-state index in [0.29, 0.717) is 12.2 Å². The fourth-order valence-electron chi connectivity index (χ4n) is 2.97. The monoisotopic (exact) mass is 250 g/mol. The minimum absolute atomic E-state index is 0.327. The number of nitrogens with zero attached hydrogens (tertiary/aromatic N) is 3. The van der Waals surface area contributed by atoms with Gasteiger partial charge in [-0.05, 0) is 19.9 Å². The molecule has 18 heavy (non-hydrogen) atoms. The van der Waals surface area contributed by atoms with Gasteiger partial charge in [0.25, 0.3) is 0 Å². The Bertz CT molecular complexity index is 384. The SMILES string of the molecule is C[C@@H]1CN(Cc2cc3n(n2)CCNC3)C[C@H](C)O1. The van der Waals surface area contributed by atoms with Gasteiger partial charge in [0.2, 0.25) is 0 Å². The van der Waals surface area contributed by atoms with E-state index in [0.717, 1.165) is 39.3 Å². The highest BCUT2D eigenvalue weighted by molar-refractivity contribution is 5.12. The van der Waals surface area contributed by atoms with Crippen molar-refractivity contribution in [1.82, 2.24) is 20.0 Å². The molecule has 0 unspecified atom stereocenters. The van der Waals surface area contributed by atoms with Crippen molar-refractivity contribution in [3.8, 4) is 0 Å². The van der Waals surface area contributed by atoms with E-state index in [1.807, 2.05) is 0 Å². The smallest absolute Gasteiger partial charge is 0.0768 e. The molecule has 3 rings (SSSR count). The topological polar surface area (TPSA) is 42.3 Å². The van der Waals surface area contributed by atoms with Gasteiger partial charge in [0.1, 0.15) is 0 Å². The van der Waals surface area contributed by atoms with Gasteiger partial charge in [-0.3, -0.25) is 9.58 Å². The Morgan fingerprint density at radius 1 is 1.39 bits per heavy atom. The quantitative estimate of drug-likeness (QED) is 0.834. The lowest BCUT2D eigenvalue weighted by atomic mass is 10.2. The fraction of sp³-hybridized carbons (Fsp3) is 0.769. The first-order valence-electron chi connectivity index (χ1n) is 6.85. The highest BCUT2D eigenvalue weighted by Gasteiger charge is 2.23. The first kappa shape index (κ1) is 12.1. The Balaban J connectivity index is 1.66. The van der Waals surface area contributed by atoms with Crippen LogP contribution in [-0.4, -0.2) is 46.5 Å². The molecule has 1 aromatic rings. The van der Waals surface area contributed by atoms with Crippen molar-refractivity contribution in [1.29, 1.82) is 0 Å². The van der Waals surface area contributed by atoms with Crippen LogP contribution in [0.5, 0.6) is 0 Å². The number of ether oxygens (including phenoxy) is 1. The van der Waals surface area contributed by atoms with Gasteiger partial charge in [0.15, 0.2) is 0 Å². The lowest BCUT2D eigenvalue weighted by Gasteiger charge is -2.34. The zero-order valence-electron chi connectivity index (χ0n) is 11.2. The molecule has 2 aliphatic heterocycles. The van der Waals surface area contributed by atoms with Crippen molar-refractivity contribution in [3.05, 3.63) is 17.5 Å². The zero-order valence-corrected chi connectivity index (χ0v) is 11.2. The van der Waals surface area contributed by atoms with E-state index in [-0.39, 0.29) is 0 Å². The largest absolute Gasteiger partial charge is 0.373 e. The van der Waals surface area contributed by atoms with E-state index < -0.39 is 0 Å². The summed E-state index contributed by atoms with van der Waals surface area (Å²) >= 11 is 0. The molecule has 0 spiro atoms. The summed E-state index contributed by atoms with van der Waals surface area (Å²) in [6, 6.07) is 2.23. The molecule has 1 saturated heterocycles. The van der Waals surface area contributed by atoms with E-state index in [1.54, 1.807) is 0 Å². The molecular weight excluding hydrogens is 228 g/mol. The molecule has 1 aromatic heterocycles. The predicted molar refractivity (Wildman–Crippen MR) is 69.2 cm³/mol. The molecule has 2 aliphatic rings. The molecule has 3 heterocycles. The predicted octanol–water partition coefficient (Wildman–Crippen LogP) is 0.596. The number of rotatable bonds is 2. The second-order valence-corrected chi connectivity index (χ2v) is 5.48. The first-order valence-corrected chi connectivity index (χ1v) is 6.85. The summed E-state index contributed by atoms with van der Waals surface area (Å²) in [4.78, 5) is 2.45. The van der Waals surface area contributed by atoms with Crippen molar-refractivity contribution < 1.29 is 4.74 Å². The van der Waals surface area contributed by atoms with Gasteiger partial charge >= 0.3 is 0 Å². The number of morpholine rings is 1. The number of fused-ring (bicyclic) bond motifs is 1. The van der Waals surface area contributed by atoms with E-state index in [4.69, 9.17) is 4.74 Å². The molecule has 5 heteroatoms. The summed E-state index contributed by atoms with van der Waals surface area (Å²) in [5.74, 6) is 0. The highest BCUT2D eigenvalue weighted by Crippen LogP contribution is 2.15. The Morgan fingerprint density at radius 2 is 2.17 bits per heavy atom. The van der Waals surface area contributed by atoms with Gasteiger partial charge in [0.05, 0.1) is 30.1 Å². The van der Waals surface area contributed by atoms with Crippen LogP contribution < -0.4 is 5.32 Å². The first-order chi connectivity index (χ1) is 8.70. The van der Waals surface area contributed by atoms with Gasteiger partial charge in [-0.1, -0.05) is 0 Å². The molecular formula is C13H22N4O. The second kappa shape index (κ2) is 4.99. The molecule has 0 bridgehead atoms. The standard InChI is InChI=1S/C13H22N4O/c1-10-7-16(8-11(2)18-10)9-12-5-13-6-14-3-4-17(13)15-12/h5,10-11,14H,3-4,6-9H2,1-2H3/t10-,11+. The van der Waals surface area contributed by atoms with Gasteiger partial charge in [-0.2, -0.15) is 5.10 Å². The molecule has 0 radical (unpaired) electrons. The van der Waals surface area contributed by atoms with Crippen LogP contribution in [0.3, 0.4) is 0 Å². The molecule has 1 fully saturated rings. The minimum atomic E-state index is 0.327. The summed E-state index contributed by atoms with van der Waals surface area (Å²) in [6.07, 6.45) is 0.653. The van der Waals surface area contributed by atoms with Crippen LogP contribution in [0, 0.1) is 0 Å². The lowest BCUT2D eigenvalue weighted by Crippen LogP contribution is -2.44. The van der Waals surface area contributed by atoms with Gasteiger partial charge in [-0.25, -0.2) is 0 Å².